The molecule has 18 heavy (non-hydrogen) atoms. The van der Waals surface area contributed by atoms with Crippen molar-refractivity contribution in [3.63, 3.8) is 0 Å². The molecule has 0 spiro atoms. The van der Waals surface area contributed by atoms with Crippen molar-refractivity contribution in [2.45, 2.75) is 51.8 Å². The molecule has 0 aliphatic heterocycles. The first-order valence-electron chi connectivity index (χ1n) is 6.77. The lowest BCUT2D eigenvalue weighted by Crippen LogP contribution is -2.33. The van der Waals surface area contributed by atoms with Crippen molar-refractivity contribution < 1.29 is 4.74 Å². The second kappa shape index (κ2) is 6.17. The molecular formula is C13H22BrN3O. The van der Waals surface area contributed by atoms with Gasteiger partial charge in [0.25, 0.3) is 0 Å². The Labute approximate surface area is 117 Å². The Morgan fingerprint density at radius 1 is 1.56 bits per heavy atom. The summed E-state index contributed by atoms with van der Waals surface area (Å²) >= 11 is 3.56. The van der Waals surface area contributed by atoms with Crippen LogP contribution in [-0.4, -0.2) is 22.5 Å². The largest absolute Gasteiger partial charge is 0.376 e. The van der Waals surface area contributed by atoms with Gasteiger partial charge in [0.05, 0.1) is 28.5 Å². The minimum absolute atomic E-state index is 0.0964. The zero-order chi connectivity index (χ0) is 13.1. The smallest absolute Gasteiger partial charge is 0.0811 e. The van der Waals surface area contributed by atoms with Crippen LogP contribution in [-0.2, 0) is 11.3 Å². The van der Waals surface area contributed by atoms with Gasteiger partial charge >= 0.3 is 0 Å². The van der Waals surface area contributed by atoms with Crippen molar-refractivity contribution in [1.82, 2.24) is 9.78 Å². The maximum atomic E-state index is 6.43. The Bertz CT molecular complexity index is 390. The van der Waals surface area contributed by atoms with Gasteiger partial charge in [-0.15, -0.1) is 0 Å². The summed E-state index contributed by atoms with van der Waals surface area (Å²) in [5, 5.41) is 4.38. The van der Waals surface area contributed by atoms with Crippen molar-refractivity contribution in [1.29, 1.82) is 0 Å². The fraction of sp³-hybridized carbons (Fsp3) is 0.769. The minimum Gasteiger partial charge on any atom is -0.376 e. The van der Waals surface area contributed by atoms with Gasteiger partial charge in [0.2, 0.25) is 0 Å². The van der Waals surface area contributed by atoms with Gasteiger partial charge in [-0.25, -0.2) is 0 Å². The summed E-state index contributed by atoms with van der Waals surface area (Å²) in [5.41, 5.74) is 7.50. The zero-order valence-electron chi connectivity index (χ0n) is 11.1. The van der Waals surface area contributed by atoms with E-state index >= 15 is 0 Å². The fourth-order valence-electron chi connectivity index (χ4n) is 2.40. The molecule has 1 aromatic rings. The Morgan fingerprint density at radius 2 is 2.28 bits per heavy atom. The Balaban J connectivity index is 2.19. The molecule has 1 aromatic heterocycles. The molecule has 1 fully saturated rings. The van der Waals surface area contributed by atoms with Crippen molar-refractivity contribution in [3.05, 3.63) is 16.4 Å². The number of nitrogens with zero attached hydrogens (tertiary/aromatic N) is 2. The lowest BCUT2D eigenvalue weighted by molar-refractivity contribution is 0.0261. The molecule has 2 N–H and O–H groups in total. The van der Waals surface area contributed by atoms with Crippen molar-refractivity contribution >= 4 is 15.9 Å². The third kappa shape index (κ3) is 2.95. The topological polar surface area (TPSA) is 53.1 Å². The molecule has 0 radical (unpaired) electrons. The molecule has 1 aliphatic rings. The van der Waals surface area contributed by atoms with E-state index in [2.05, 4.69) is 28.0 Å². The molecular weight excluding hydrogens is 294 g/mol. The van der Waals surface area contributed by atoms with Gasteiger partial charge in [-0.05, 0) is 48.0 Å². The van der Waals surface area contributed by atoms with Crippen LogP contribution in [0.15, 0.2) is 10.7 Å². The standard InChI is InChI=1S/C13H22BrN3O/c1-3-7-17-12(10(14)8-16-17)11(15)13(18-4-2)9-5-6-9/h8-9,11,13H,3-7,15H2,1-2H3. The van der Waals surface area contributed by atoms with Crippen LogP contribution in [0.5, 0.6) is 0 Å². The average molecular weight is 316 g/mol. The summed E-state index contributed by atoms with van der Waals surface area (Å²) < 4.78 is 8.85. The second-order valence-corrected chi connectivity index (χ2v) is 5.74. The summed E-state index contributed by atoms with van der Waals surface area (Å²) in [6, 6.07) is -0.0964. The number of halogens is 1. The Morgan fingerprint density at radius 3 is 2.83 bits per heavy atom. The molecule has 4 nitrogen and oxygen atoms in total. The first-order chi connectivity index (χ1) is 8.69. The van der Waals surface area contributed by atoms with Crippen LogP contribution in [0.1, 0.15) is 44.8 Å². The zero-order valence-corrected chi connectivity index (χ0v) is 12.7. The molecule has 1 heterocycles. The van der Waals surface area contributed by atoms with Gasteiger partial charge in [-0.2, -0.15) is 5.10 Å². The molecule has 1 saturated carbocycles. The SMILES string of the molecule is CCCn1ncc(Br)c1C(N)C(OCC)C1CC1. The Hall–Kier alpha value is -0.390. The quantitative estimate of drug-likeness (QED) is 0.841. The highest BCUT2D eigenvalue weighted by atomic mass is 79.9. The van der Waals surface area contributed by atoms with Crippen LogP contribution in [0.2, 0.25) is 0 Å². The monoisotopic (exact) mass is 315 g/mol. The molecule has 2 atom stereocenters. The van der Waals surface area contributed by atoms with Crippen LogP contribution >= 0.6 is 15.9 Å². The van der Waals surface area contributed by atoms with Crippen LogP contribution in [0, 0.1) is 5.92 Å². The van der Waals surface area contributed by atoms with Gasteiger partial charge in [-0.3, -0.25) is 4.68 Å². The molecule has 0 aromatic carbocycles. The molecule has 2 unspecified atom stereocenters. The number of hydrogen-bond donors (Lipinski definition) is 1. The van der Waals surface area contributed by atoms with Crippen LogP contribution in [0.3, 0.4) is 0 Å². The number of nitrogens with two attached hydrogens (primary N) is 1. The van der Waals surface area contributed by atoms with Crippen LogP contribution < -0.4 is 5.73 Å². The summed E-state index contributed by atoms with van der Waals surface area (Å²) in [4.78, 5) is 0. The highest BCUT2D eigenvalue weighted by Gasteiger charge is 2.38. The second-order valence-electron chi connectivity index (χ2n) is 4.88. The van der Waals surface area contributed by atoms with Crippen molar-refractivity contribution in [2.24, 2.45) is 11.7 Å². The van der Waals surface area contributed by atoms with E-state index < -0.39 is 0 Å². The van der Waals surface area contributed by atoms with Gasteiger partial charge < -0.3 is 10.5 Å². The third-order valence-electron chi connectivity index (χ3n) is 3.38. The lowest BCUT2D eigenvalue weighted by Gasteiger charge is -2.25. The number of ether oxygens (including phenoxy) is 1. The summed E-state index contributed by atoms with van der Waals surface area (Å²) in [6.45, 7) is 5.79. The van der Waals surface area contributed by atoms with E-state index in [0.29, 0.717) is 12.5 Å². The van der Waals surface area contributed by atoms with E-state index in [1.54, 1.807) is 0 Å². The van der Waals surface area contributed by atoms with Crippen LogP contribution in [0.4, 0.5) is 0 Å². The van der Waals surface area contributed by atoms with Gasteiger partial charge in [-0.1, -0.05) is 6.92 Å². The number of aryl methyl sites for hydroxylation is 1. The molecule has 0 amide bonds. The highest BCUT2D eigenvalue weighted by molar-refractivity contribution is 9.10. The van der Waals surface area contributed by atoms with E-state index in [-0.39, 0.29) is 12.1 Å². The number of aromatic nitrogens is 2. The molecule has 2 rings (SSSR count). The molecule has 5 heteroatoms. The van der Waals surface area contributed by atoms with E-state index in [0.717, 1.165) is 23.1 Å². The Kier molecular flexibility index (Phi) is 4.81. The fourth-order valence-corrected chi connectivity index (χ4v) is 2.96. The van der Waals surface area contributed by atoms with Crippen LogP contribution in [0.25, 0.3) is 0 Å². The average Bonchev–Trinajstić information content (AvgIpc) is 3.11. The van der Waals surface area contributed by atoms with Gasteiger partial charge in [0.1, 0.15) is 0 Å². The normalized spacial score (nSPS) is 18.9. The number of rotatable bonds is 7. The predicted molar refractivity (Wildman–Crippen MR) is 75.3 cm³/mol. The first kappa shape index (κ1) is 14.0. The molecule has 1 aliphatic carbocycles. The molecule has 0 bridgehead atoms. The molecule has 0 saturated heterocycles. The van der Waals surface area contributed by atoms with E-state index in [9.17, 15) is 0 Å². The maximum Gasteiger partial charge on any atom is 0.0811 e. The highest BCUT2D eigenvalue weighted by Crippen LogP contribution is 2.40. The van der Waals surface area contributed by atoms with Gasteiger partial charge in [0.15, 0.2) is 0 Å². The van der Waals surface area contributed by atoms with E-state index in [4.69, 9.17) is 10.5 Å². The first-order valence-corrected chi connectivity index (χ1v) is 7.56. The summed E-state index contributed by atoms with van der Waals surface area (Å²) in [5.74, 6) is 0.622. The lowest BCUT2D eigenvalue weighted by atomic mass is 10.0. The van der Waals surface area contributed by atoms with Gasteiger partial charge in [0, 0.05) is 13.2 Å². The van der Waals surface area contributed by atoms with E-state index in [1.807, 2.05) is 17.8 Å². The van der Waals surface area contributed by atoms with Crippen molar-refractivity contribution in [3.8, 4) is 0 Å². The number of hydrogen-bond acceptors (Lipinski definition) is 3. The summed E-state index contributed by atoms with van der Waals surface area (Å²) in [6.07, 6.45) is 5.48. The maximum absolute atomic E-state index is 6.43. The minimum atomic E-state index is -0.0964. The predicted octanol–water partition coefficient (Wildman–Crippen LogP) is 2.87. The molecule has 102 valence electrons. The summed E-state index contributed by atoms with van der Waals surface area (Å²) in [7, 11) is 0. The third-order valence-corrected chi connectivity index (χ3v) is 4.00. The van der Waals surface area contributed by atoms with Crippen molar-refractivity contribution in [2.75, 3.05) is 6.61 Å². The van der Waals surface area contributed by atoms with E-state index in [1.165, 1.54) is 12.8 Å².